The van der Waals surface area contributed by atoms with Gasteiger partial charge in [0.25, 0.3) is 0 Å². The monoisotopic (exact) mass is 648 g/mol. The van der Waals surface area contributed by atoms with Crippen molar-refractivity contribution in [2.45, 2.75) is 27.7 Å². The Morgan fingerprint density at radius 2 is 1.36 bits per heavy atom. The van der Waals surface area contributed by atoms with Crippen LogP contribution in [0.25, 0.3) is 44.6 Å². The molecule has 4 aromatic heterocycles. The molecule has 0 unspecified atom stereocenters. The van der Waals surface area contributed by atoms with Crippen LogP contribution in [0.1, 0.15) is 22.4 Å². The molecule has 0 atom stereocenters. The van der Waals surface area contributed by atoms with E-state index in [0.29, 0.717) is 5.71 Å². The Morgan fingerprint density at radius 3 is 2.00 bits per heavy atom. The van der Waals surface area contributed by atoms with Crippen LogP contribution in [0.2, 0.25) is 0 Å². The molecular weight excluding hydrogens is 623 g/mol. The molecule has 2 aromatic carbocycles. The van der Waals surface area contributed by atoms with Gasteiger partial charge in [-0.1, -0.05) is 42.1 Å². The van der Waals surface area contributed by atoms with Crippen LogP contribution in [0.3, 0.4) is 0 Å². The zero-order valence-electron chi connectivity index (χ0n) is 20.6. The Labute approximate surface area is 224 Å². The van der Waals surface area contributed by atoms with Crippen molar-refractivity contribution in [3.63, 3.8) is 0 Å². The second-order valence-electron chi connectivity index (χ2n) is 8.72. The molecule has 181 valence electrons. The number of hydrogen-bond donors (Lipinski definition) is 0. The third kappa shape index (κ3) is 5.43. The van der Waals surface area contributed by atoms with Gasteiger partial charge in [-0.15, -0.1) is 53.6 Å². The Hall–Kier alpha value is -3.66. The Balaban J connectivity index is 0.000000178. The number of rotatable bonds is 2. The molecule has 0 aliphatic carbocycles. The zero-order chi connectivity index (χ0) is 24.4. The molecule has 5 heteroatoms. The molecule has 0 fully saturated rings. The predicted octanol–water partition coefficient (Wildman–Crippen LogP) is 7.62. The van der Waals surface area contributed by atoms with Gasteiger partial charge in [0.15, 0.2) is 0 Å². The summed E-state index contributed by atoms with van der Waals surface area (Å²) in [6.45, 7) is 8.08. The molecule has 0 aliphatic heterocycles. The number of pyridine rings is 3. The van der Waals surface area contributed by atoms with Crippen LogP contribution < -0.4 is 0 Å². The fourth-order valence-corrected chi connectivity index (χ4v) is 3.81. The maximum atomic E-state index is 5.97. The van der Waals surface area contributed by atoms with Crippen molar-refractivity contribution in [2.24, 2.45) is 0 Å². The van der Waals surface area contributed by atoms with E-state index in [1.165, 1.54) is 11.1 Å². The fourth-order valence-electron chi connectivity index (χ4n) is 3.81. The molecule has 6 rings (SSSR count). The van der Waals surface area contributed by atoms with Gasteiger partial charge in [-0.25, -0.2) is 4.98 Å². The summed E-state index contributed by atoms with van der Waals surface area (Å²) < 4.78 is 5.97. The van der Waals surface area contributed by atoms with Crippen LogP contribution in [0, 0.1) is 39.8 Å². The molecule has 0 aliphatic rings. The van der Waals surface area contributed by atoms with Crippen LogP contribution in [0.4, 0.5) is 0 Å². The van der Waals surface area contributed by atoms with Gasteiger partial charge in [0.1, 0.15) is 0 Å². The number of nitrogens with zero attached hydrogens (tertiary/aromatic N) is 3. The normalized spacial score (nSPS) is 10.6. The van der Waals surface area contributed by atoms with Crippen molar-refractivity contribution in [2.75, 3.05) is 0 Å². The molecule has 0 N–H and O–H groups in total. The summed E-state index contributed by atoms with van der Waals surface area (Å²) in [6, 6.07) is 28.7. The molecule has 0 spiro atoms. The van der Waals surface area contributed by atoms with E-state index in [2.05, 4.69) is 52.2 Å². The van der Waals surface area contributed by atoms with E-state index in [1.807, 2.05) is 81.7 Å². The van der Waals surface area contributed by atoms with Gasteiger partial charge in [-0.2, -0.15) is 0 Å². The van der Waals surface area contributed by atoms with E-state index in [1.54, 1.807) is 0 Å². The van der Waals surface area contributed by atoms with Crippen molar-refractivity contribution in [3.05, 3.63) is 114 Å². The standard InChI is InChI=1S/C18H13N2O.C13H12N.Ir/c1-11-6-9-16(19-10-11)15-5-3-4-13-14-8-7-12(2)20-18(14)21-17(13)15;1-10-3-6-12(7-4-10)13-8-5-11(2)9-14-13;/h3-4,6-10H,1-2H3;3-6,8-9H,1-2H3;/q2*-1;. The van der Waals surface area contributed by atoms with Gasteiger partial charge in [-0.3, -0.25) is 0 Å². The van der Waals surface area contributed by atoms with E-state index in [4.69, 9.17) is 4.42 Å². The summed E-state index contributed by atoms with van der Waals surface area (Å²) in [5.41, 5.74) is 9.71. The van der Waals surface area contributed by atoms with Crippen LogP contribution in [-0.4, -0.2) is 15.0 Å². The van der Waals surface area contributed by atoms with Gasteiger partial charge in [0, 0.05) is 43.6 Å². The predicted molar refractivity (Wildman–Crippen MR) is 141 cm³/mol. The molecule has 0 saturated carbocycles. The first-order valence-electron chi connectivity index (χ1n) is 11.5. The summed E-state index contributed by atoms with van der Waals surface area (Å²) in [4.78, 5) is 13.3. The van der Waals surface area contributed by atoms with E-state index in [-0.39, 0.29) is 20.1 Å². The molecule has 0 saturated heterocycles. The fraction of sp³-hybridized carbons (Fsp3) is 0.129. The Morgan fingerprint density at radius 1 is 0.667 bits per heavy atom. The van der Waals surface area contributed by atoms with Crippen LogP contribution in [-0.2, 0) is 20.1 Å². The van der Waals surface area contributed by atoms with E-state index < -0.39 is 0 Å². The van der Waals surface area contributed by atoms with Gasteiger partial charge in [0.05, 0.1) is 5.58 Å². The minimum Gasteiger partial charge on any atom is -0.486 e. The van der Waals surface area contributed by atoms with E-state index >= 15 is 0 Å². The van der Waals surface area contributed by atoms with Gasteiger partial charge in [0.2, 0.25) is 5.71 Å². The Kier molecular flexibility index (Phi) is 7.73. The first kappa shape index (κ1) is 25.4. The summed E-state index contributed by atoms with van der Waals surface area (Å²) in [7, 11) is 0. The number of furan rings is 1. The largest absolute Gasteiger partial charge is 0.486 e. The van der Waals surface area contributed by atoms with Crippen LogP contribution in [0.15, 0.2) is 83.5 Å². The minimum absolute atomic E-state index is 0. The summed E-state index contributed by atoms with van der Waals surface area (Å²) in [5.74, 6) is 0. The van der Waals surface area contributed by atoms with Crippen molar-refractivity contribution < 1.29 is 24.5 Å². The number of aromatic nitrogens is 3. The molecule has 6 aromatic rings. The molecule has 0 amide bonds. The van der Waals surface area contributed by atoms with Crippen LogP contribution in [0.5, 0.6) is 0 Å². The summed E-state index contributed by atoms with van der Waals surface area (Å²) in [5, 5.41) is 2.08. The maximum absolute atomic E-state index is 5.97. The van der Waals surface area contributed by atoms with E-state index in [9.17, 15) is 0 Å². The quantitative estimate of drug-likeness (QED) is 0.182. The average Bonchev–Trinajstić information content (AvgIpc) is 3.24. The first-order chi connectivity index (χ1) is 17.0. The first-order valence-corrected chi connectivity index (χ1v) is 11.5. The van der Waals surface area contributed by atoms with Crippen molar-refractivity contribution in [3.8, 4) is 22.5 Å². The zero-order valence-corrected chi connectivity index (χ0v) is 23.0. The van der Waals surface area contributed by atoms with Crippen molar-refractivity contribution in [1.29, 1.82) is 0 Å². The van der Waals surface area contributed by atoms with Gasteiger partial charge >= 0.3 is 0 Å². The van der Waals surface area contributed by atoms with E-state index in [0.717, 1.165) is 50.1 Å². The molecule has 0 bridgehead atoms. The second-order valence-corrected chi connectivity index (χ2v) is 8.72. The number of benzene rings is 2. The molecule has 36 heavy (non-hydrogen) atoms. The number of fused-ring (bicyclic) bond motifs is 3. The second kappa shape index (κ2) is 10.9. The number of aryl methyl sites for hydroxylation is 4. The summed E-state index contributed by atoms with van der Waals surface area (Å²) >= 11 is 0. The Bertz CT molecular complexity index is 1560. The summed E-state index contributed by atoms with van der Waals surface area (Å²) in [6.07, 6.45) is 3.73. The smallest absolute Gasteiger partial charge is 0.216 e. The molecule has 4 heterocycles. The molecule has 4 nitrogen and oxygen atoms in total. The number of hydrogen-bond acceptors (Lipinski definition) is 4. The molecule has 1 radical (unpaired) electrons. The van der Waals surface area contributed by atoms with Gasteiger partial charge in [-0.05, 0) is 55.4 Å². The van der Waals surface area contributed by atoms with Crippen molar-refractivity contribution in [1.82, 2.24) is 15.0 Å². The van der Waals surface area contributed by atoms with Crippen molar-refractivity contribution >= 4 is 22.1 Å². The maximum Gasteiger partial charge on any atom is 0.216 e. The SMILES string of the molecule is Cc1c[c-]c(-c2ccc(C)cn2)cc1.Cc1ccc(-c2[c-]ccc3c2oc2nc(C)ccc23)nc1.[Ir]. The third-order valence-corrected chi connectivity index (χ3v) is 5.76. The van der Waals surface area contributed by atoms with Crippen LogP contribution >= 0.6 is 0 Å². The minimum atomic E-state index is 0. The average molecular weight is 648 g/mol. The van der Waals surface area contributed by atoms with Gasteiger partial charge < -0.3 is 14.4 Å². The topological polar surface area (TPSA) is 51.8 Å². The molecular formula is C31H25IrN3O-2. The third-order valence-electron chi connectivity index (χ3n) is 5.76.